The summed E-state index contributed by atoms with van der Waals surface area (Å²) in [4.78, 5) is 16.9. The van der Waals surface area contributed by atoms with Gasteiger partial charge in [-0.2, -0.15) is 0 Å². The molecule has 0 aliphatic rings. The van der Waals surface area contributed by atoms with Gasteiger partial charge >= 0.3 is 0 Å². The molecule has 1 N–H and O–H groups in total. The van der Waals surface area contributed by atoms with Crippen LogP contribution in [-0.4, -0.2) is 25.6 Å². The fraction of sp³-hybridized carbons (Fsp3) is 0.103. The predicted octanol–water partition coefficient (Wildman–Crippen LogP) is 4.68. The number of benzene rings is 3. The zero-order valence-corrected chi connectivity index (χ0v) is 20.0. The first-order valence-electron chi connectivity index (χ1n) is 11.0. The molecule has 1 heterocycles. The van der Waals surface area contributed by atoms with Crippen molar-refractivity contribution in [2.45, 2.75) is 17.9 Å². The first kappa shape index (κ1) is 23.9. The second-order valence-electron chi connectivity index (χ2n) is 8.09. The number of aromatic nitrogens is 1. The summed E-state index contributed by atoms with van der Waals surface area (Å²) in [6.07, 6.45) is 5.32. The van der Waals surface area contributed by atoms with Gasteiger partial charge < -0.3 is 5.32 Å². The Hall–Kier alpha value is -4.21. The summed E-state index contributed by atoms with van der Waals surface area (Å²) in [5.41, 5.74) is 5.44. The van der Waals surface area contributed by atoms with Gasteiger partial charge in [0.15, 0.2) is 9.84 Å². The van der Waals surface area contributed by atoms with Gasteiger partial charge in [-0.15, -0.1) is 0 Å². The monoisotopic (exact) mass is 480 g/mol. The molecule has 0 atom stereocenters. The number of carbonyl (C=O) groups excluding carboxylic acids is 1. The van der Waals surface area contributed by atoms with Crippen LogP contribution in [0.4, 0.5) is 0 Å². The van der Waals surface area contributed by atoms with Gasteiger partial charge in [-0.05, 0) is 64.7 Å². The molecule has 0 spiro atoms. The molecular weight excluding hydrogens is 456 g/mol. The van der Waals surface area contributed by atoms with Crippen LogP contribution in [0.5, 0.6) is 0 Å². The maximum Gasteiger partial charge on any atom is 0.251 e. The minimum Gasteiger partial charge on any atom is -0.348 e. The number of nitrogens with zero attached hydrogens (tertiary/aromatic N) is 1. The molecule has 3 aromatic carbocycles. The van der Waals surface area contributed by atoms with Crippen LogP contribution in [0.15, 0.2) is 102 Å². The molecule has 0 radical (unpaired) electrons. The summed E-state index contributed by atoms with van der Waals surface area (Å²) >= 11 is 0. The predicted molar refractivity (Wildman–Crippen MR) is 137 cm³/mol. The van der Waals surface area contributed by atoms with Crippen LogP contribution < -0.4 is 5.32 Å². The van der Waals surface area contributed by atoms with E-state index in [0.29, 0.717) is 18.5 Å². The Morgan fingerprint density at radius 1 is 0.857 bits per heavy atom. The third-order valence-electron chi connectivity index (χ3n) is 5.40. The van der Waals surface area contributed by atoms with E-state index in [-0.39, 0.29) is 10.8 Å². The second-order valence-corrected chi connectivity index (χ2v) is 10.1. The zero-order valence-electron chi connectivity index (χ0n) is 19.2. The van der Waals surface area contributed by atoms with Gasteiger partial charge in [-0.3, -0.25) is 9.78 Å². The van der Waals surface area contributed by atoms with Gasteiger partial charge in [0.2, 0.25) is 0 Å². The van der Waals surface area contributed by atoms with Crippen molar-refractivity contribution in [1.82, 2.24) is 10.3 Å². The first-order chi connectivity index (χ1) is 16.9. The van der Waals surface area contributed by atoms with Crippen LogP contribution >= 0.6 is 0 Å². The Morgan fingerprint density at radius 3 is 2.34 bits per heavy atom. The van der Waals surface area contributed by atoms with Gasteiger partial charge in [0.25, 0.3) is 5.91 Å². The van der Waals surface area contributed by atoms with Gasteiger partial charge in [-0.25, -0.2) is 8.42 Å². The Kier molecular flexibility index (Phi) is 7.39. The number of pyridine rings is 1. The van der Waals surface area contributed by atoms with E-state index in [9.17, 15) is 13.2 Å². The summed E-state index contributed by atoms with van der Waals surface area (Å²) in [5.74, 6) is 6.12. The minimum atomic E-state index is -3.24. The van der Waals surface area contributed by atoms with Crippen molar-refractivity contribution in [3.8, 4) is 23.0 Å². The fourth-order valence-corrected chi connectivity index (χ4v) is 4.16. The molecule has 0 aliphatic carbocycles. The van der Waals surface area contributed by atoms with E-state index in [4.69, 9.17) is 0 Å². The van der Waals surface area contributed by atoms with Crippen molar-refractivity contribution < 1.29 is 13.2 Å². The average Bonchev–Trinajstić information content (AvgIpc) is 2.88. The highest BCUT2D eigenvalue weighted by atomic mass is 32.2. The molecule has 5 nitrogen and oxygen atoms in total. The maximum absolute atomic E-state index is 12.6. The molecule has 0 unspecified atom stereocenters. The van der Waals surface area contributed by atoms with Crippen molar-refractivity contribution in [2.75, 3.05) is 6.26 Å². The highest BCUT2D eigenvalue weighted by Crippen LogP contribution is 2.19. The summed E-state index contributed by atoms with van der Waals surface area (Å²) in [5, 5.41) is 2.86. The molecule has 35 heavy (non-hydrogen) atoms. The van der Waals surface area contributed by atoms with E-state index < -0.39 is 9.84 Å². The lowest BCUT2D eigenvalue weighted by molar-refractivity contribution is 0.0951. The smallest absolute Gasteiger partial charge is 0.251 e. The Morgan fingerprint density at radius 2 is 1.60 bits per heavy atom. The molecule has 0 aliphatic heterocycles. The number of sulfone groups is 1. The number of carbonyl (C=O) groups is 1. The molecule has 0 fully saturated rings. The van der Waals surface area contributed by atoms with E-state index in [1.807, 2.05) is 36.4 Å². The molecule has 174 valence electrons. The van der Waals surface area contributed by atoms with Crippen molar-refractivity contribution in [2.24, 2.45) is 0 Å². The molecule has 0 saturated heterocycles. The Bertz CT molecular complexity index is 1500. The van der Waals surface area contributed by atoms with E-state index in [1.165, 1.54) is 6.26 Å². The van der Waals surface area contributed by atoms with Crippen molar-refractivity contribution in [3.05, 3.63) is 120 Å². The lowest BCUT2D eigenvalue weighted by Gasteiger charge is -2.07. The molecule has 6 heteroatoms. The highest BCUT2D eigenvalue weighted by Gasteiger charge is 2.08. The van der Waals surface area contributed by atoms with Crippen LogP contribution in [-0.2, 0) is 22.8 Å². The molecule has 1 amide bonds. The molecule has 1 aromatic heterocycles. The Balaban J connectivity index is 1.38. The third kappa shape index (κ3) is 6.66. The van der Waals surface area contributed by atoms with Crippen molar-refractivity contribution >= 4 is 15.7 Å². The van der Waals surface area contributed by atoms with Gasteiger partial charge in [0.1, 0.15) is 0 Å². The molecule has 4 aromatic rings. The van der Waals surface area contributed by atoms with Crippen LogP contribution in [0.1, 0.15) is 27.0 Å². The minimum absolute atomic E-state index is 0.217. The fourth-order valence-electron chi connectivity index (χ4n) is 3.53. The average molecular weight is 481 g/mol. The largest absolute Gasteiger partial charge is 0.348 e. The topological polar surface area (TPSA) is 76.1 Å². The Labute approximate surface area is 205 Å². The van der Waals surface area contributed by atoms with Gasteiger partial charge in [0, 0.05) is 42.7 Å². The van der Waals surface area contributed by atoms with E-state index >= 15 is 0 Å². The second kappa shape index (κ2) is 10.8. The van der Waals surface area contributed by atoms with E-state index in [2.05, 4.69) is 34.3 Å². The lowest BCUT2D eigenvalue weighted by atomic mass is 10.0. The van der Waals surface area contributed by atoms with Crippen LogP contribution in [0.2, 0.25) is 0 Å². The van der Waals surface area contributed by atoms with Crippen LogP contribution in [0, 0.1) is 11.8 Å². The number of nitrogens with one attached hydrogen (secondary N) is 1. The SMILES string of the molecule is CS(=O)(=O)c1ccc(CNC(=O)c2cccc(C#CCc3cccc(-c4ccncc4)c3)c2)cc1. The molecule has 4 rings (SSSR count). The number of amides is 1. The lowest BCUT2D eigenvalue weighted by Crippen LogP contribution is -2.22. The van der Waals surface area contributed by atoms with E-state index in [0.717, 1.165) is 27.8 Å². The van der Waals surface area contributed by atoms with Crippen molar-refractivity contribution in [1.29, 1.82) is 0 Å². The number of hydrogen-bond donors (Lipinski definition) is 1. The summed E-state index contributed by atoms with van der Waals surface area (Å²) < 4.78 is 23.1. The normalized spacial score (nSPS) is 10.8. The maximum atomic E-state index is 12.6. The van der Waals surface area contributed by atoms with Crippen LogP contribution in [0.25, 0.3) is 11.1 Å². The number of rotatable bonds is 6. The van der Waals surface area contributed by atoms with Gasteiger partial charge in [0.05, 0.1) is 4.90 Å². The zero-order chi connectivity index (χ0) is 24.7. The molecule has 0 bridgehead atoms. The van der Waals surface area contributed by atoms with Crippen LogP contribution in [0.3, 0.4) is 0 Å². The number of hydrogen-bond acceptors (Lipinski definition) is 4. The molecular formula is C29H24N2O3S. The molecule has 0 saturated carbocycles. The third-order valence-corrected chi connectivity index (χ3v) is 6.52. The highest BCUT2D eigenvalue weighted by molar-refractivity contribution is 7.90. The first-order valence-corrected chi connectivity index (χ1v) is 12.9. The standard InChI is InChI=1S/C29H24N2O3S/c1-35(33,34)28-13-11-24(12-14-28)21-31-29(32)27-10-4-8-23(20-27)6-2-5-22-7-3-9-26(19-22)25-15-17-30-18-16-25/h3-4,7-20H,5,21H2,1H3,(H,31,32). The van der Waals surface area contributed by atoms with Gasteiger partial charge in [-0.1, -0.05) is 54.3 Å². The summed E-state index contributed by atoms with van der Waals surface area (Å²) in [6.45, 7) is 0.298. The van der Waals surface area contributed by atoms with Crippen molar-refractivity contribution in [3.63, 3.8) is 0 Å². The van der Waals surface area contributed by atoms with E-state index in [1.54, 1.807) is 48.8 Å². The quantitative estimate of drug-likeness (QED) is 0.407. The summed E-state index contributed by atoms with van der Waals surface area (Å²) in [7, 11) is -3.24. The summed E-state index contributed by atoms with van der Waals surface area (Å²) in [6, 6.07) is 25.9.